The molecule has 1 atom stereocenters. The summed E-state index contributed by atoms with van der Waals surface area (Å²) in [5, 5.41) is 8.77. The third-order valence-electron chi connectivity index (χ3n) is 3.88. The normalized spacial score (nSPS) is 17.6. The van der Waals surface area contributed by atoms with Crippen LogP contribution in [0.4, 0.5) is 0 Å². The maximum Gasteiger partial charge on any atom is 0.119 e. The molecule has 0 radical (unpaired) electrons. The first-order chi connectivity index (χ1) is 9.70. The minimum atomic E-state index is 0.0526. The molecular weight excluding hydrogens is 252 g/mol. The summed E-state index contributed by atoms with van der Waals surface area (Å²) >= 11 is 0. The number of hydrogen-bond donors (Lipinski definition) is 1. The zero-order valence-corrected chi connectivity index (χ0v) is 12.6. The van der Waals surface area contributed by atoms with Gasteiger partial charge in [0.2, 0.25) is 0 Å². The van der Waals surface area contributed by atoms with Gasteiger partial charge >= 0.3 is 0 Å². The van der Waals surface area contributed by atoms with Crippen molar-refractivity contribution in [3.63, 3.8) is 0 Å². The fourth-order valence-corrected chi connectivity index (χ4v) is 2.73. The van der Waals surface area contributed by atoms with E-state index in [1.807, 2.05) is 12.1 Å². The van der Waals surface area contributed by atoms with E-state index in [0.717, 1.165) is 12.3 Å². The molecule has 1 aromatic carbocycles. The predicted octanol–water partition coefficient (Wildman–Crippen LogP) is 1.76. The molecule has 1 heterocycles. The van der Waals surface area contributed by atoms with Crippen molar-refractivity contribution < 1.29 is 9.84 Å². The standard InChI is InChI=1S/C16H26N2O2/c1-17(2)16(13-18-9-3-4-10-18)14-5-7-15(8-6-14)20-12-11-19/h5-8,16,19H,3-4,9-13H2,1-2H3. The van der Waals surface area contributed by atoms with Crippen LogP contribution in [-0.4, -0.2) is 61.8 Å². The van der Waals surface area contributed by atoms with E-state index >= 15 is 0 Å². The van der Waals surface area contributed by atoms with Gasteiger partial charge in [-0.25, -0.2) is 0 Å². The van der Waals surface area contributed by atoms with Gasteiger partial charge in [-0.3, -0.25) is 0 Å². The summed E-state index contributed by atoms with van der Waals surface area (Å²) in [5.41, 5.74) is 1.32. The molecule has 1 unspecified atom stereocenters. The van der Waals surface area contributed by atoms with Gasteiger partial charge in [-0.05, 0) is 57.7 Å². The molecule has 4 nitrogen and oxygen atoms in total. The van der Waals surface area contributed by atoms with E-state index in [0.29, 0.717) is 12.6 Å². The van der Waals surface area contributed by atoms with Crippen molar-refractivity contribution in [1.82, 2.24) is 9.80 Å². The van der Waals surface area contributed by atoms with Crippen molar-refractivity contribution in [3.05, 3.63) is 29.8 Å². The quantitative estimate of drug-likeness (QED) is 0.824. The third kappa shape index (κ3) is 4.20. The summed E-state index contributed by atoms with van der Waals surface area (Å²) in [4.78, 5) is 4.82. The maximum atomic E-state index is 8.77. The molecule has 0 bridgehead atoms. The molecule has 1 aliphatic heterocycles. The maximum absolute atomic E-state index is 8.77. The Hall–Kier alpha value is -1.10. The van der Waals surface area contributed by atoms with E-state index in [-0.39, 0.29) is 6.61 Å². The van der Waals surface area contributed by atoms with E-state index in [1.165, 1.54) is 31.5 Å². The highest BCUT2D eigenvalue weighted by Crippen LogP contribution is 2.24. The number of aliphatic hydroxyl groups is 1. The highest BCUT2D eigenvalue weighted by molar-refractivity contribution is 5.29. The first-order valence-corrected chi connectivity index (χ1v) is 7.43. The molecule has 20 heavy (non-hydrogen) atoms. The summed E-state index contributed by atoms with van der Waals surface area (Å²) in [7, 11) is 4.27. The van der Waals surface area contributed by atoms with Gasteiger partial charge in [0.25, 0.3) is 0 Å². The predicted molar refractivity (Wildman–Crippen MR) is 81.1 cm³/mol. The van der Waals surface area contributed by atoms with Gasteiger partial charge in [-0.2, -0.15) is 0 Å². The van der Waals surface area contributed by atoms with Crippen LogP contribution in [0.25, 0.3) is 0 Å². The zero-order chi connectivity index (χ0) is 14.4. The molecule has 0 amide bonds. The molecule has 1 fully saturated rings. The number of nitrogens with zero attached hydrogens (tertiary/aromatic N) is 2. The Balaban J connectivity index is 2.00. The van der Waals surface area contributed by atoms with Crippen molar-refractivity contribution in [2.75, 3.05) is 46.9 Å². The number of hydrogen-bond acceptors (Lipinski definition) is 4. The van der Waals surface area contributed by atoms with Gasteiger partial charge in [0.1, 0.15) is 12.4 Å². The van der Waals surface area contributed by atoms with Crippen LogP contribution in [0.1, 0.15) is 24.4 Å². The van der Waals surface area contributed by atoms with Crippen LogP contribution >= 0.6 is 0 Å². The highest BCUT2D eigenvalue weighted by Gasteiger charge is 2.20. The van der Waals surface area contributed by atoms with Crippen LogP contribution in [0.15, 0.2) is 24.3 Å². The fourth-order valence-electron chi connectivity index (χ4n) is 2.73. The molecule has 0 spiro atoms. The van der Waals surface area contributed by atoms with Crippen molar-refractivity contribution in [2.45, 2.75) is 18.9 Å². The molecule has 1 aromatic rings. The van der Waals surface area contributed by atoms with E-state index in [9.17, 15) is 0 Å². The van der Waals surface area contributed by atoms with Crippen LogP contribution in [0.2, 0.25) is 0 Å². The molecular formula is C16H26N2O2. The number of aliphatic hydroxyl groups excluding tert-OH is 1. The summed E-state index contributed by atoms with van der Waals surface area (Å²) in [6.45, 7) is 3.94. The van der Waals surface area contributed by atoms with Crippen LogP contribution < -0.4 is 4.74 Å². The van der Waals surface area contributed by atoms with E-state index in [4.69, 9.17) is 9.84 Å². The molecule has 0 aromatic heterocycles. The van der Waals surface area contributed by atoms with Gasteiger partial charge in [0.05, 0.1) is 6.61 Å². The Morgan fingerprint density at radius 2 is 1.85 bits per heavy atom. The summed E-state index contributed by atoms with van der Waals surface area (Å²) in [5.74, 6) is 0.821. The van der Waals surface area contributed by atoms with E-state index in [2.05, 4.69) is 36.0 Å². The molecule has 0 saturated carbocycles. The van der Waals surface area contributed by atoms with Crippen molar-refractivity contribution in [1.29, 1.82) is 0 Å². The lowest BCUT2D eigenvalue weighted by molar-refractivity contribution is 0.200. The summed E-state index contributed by atoms with van der Waals surface area (Å²) in [6.07, 6.45) is 2.65. The Morgan fingerprint density at radius 3 is 2.40 bits per heavy atom. The molecule has 112 valence electrons. The number of likely N-dealkylation sites (tertiary alicyclic amines) is 1. The summed E-state index contributed by atoms with van der Waals surface area (Å²) in [6, 6.07) is 8.66. The van der Waals surface area contributed by atoms with Crippen molar-refractivity contribution >= 4 is 0 Å². The second-order valence-electron chi connectivity index (χ2n) is 5.63. The van der Waals surface area contributed by atoms with E-state index < -0.39 is 0 Å². The van der Waals surface area contributed by atoms with Gasteiger partial charge in [-0.1, -0.05) is 12.1 Å². The largest absolute Gasteiger partial charge is 0.491 e. The number of rotatable bonds is 7. The lowest BCUT2D eigenvalue weighted by atomic mass is 10.1. The zero-order valence-electron chi connectivity index (χ0n) is 12.6. The minimum absolute atomic E-state index is 0.0526. The molecule has 1 N–H and O–H groups in total. The summed E-state index contributed by atoms with van der Waals surface area (Å²) < 4.78 is 5.41. The Kier molecular flexibility index (Phi) is 5.83. The average Bonchev–Trinajstić information content (AvgIpc) is 2.96. The average molecular weight is 278 g/mol. The smallest absolute Gasteiger partial charge is 0.119 e. The minimum Gasteiger partial charge on any atom is -0.491 e. The number of ether oxygens (including phenoxy) is 1. The molecule has 1 saturated heterocycles. The second-order valence-corrected chi connectivity index (χ2v) is 5.63. The van der Waals surface area contributed by atoms with Crippen LogP contribution in [0.3, 0.4) is 0 Å². The third-order valence-corrected chi connectivity index (χ3v) is 3.88. The molecule has 0 aliphatic carbocycles. The fraction of sp³-hybridized carbons (Fsp3) is 0.625. The molecule has 2 rings (SSSR count). The van der Waals surface area contributed by atoms with Crippen molar-refractivity contribution in [2.24, 2.45) is 0 Å². The van der Waals surface area contributed by atoms with Gasteiger partial charge < -0.3 is 19.6 Å². The lowest BCUT2D eigenvalue weighted by Gasteiger charge is -2.29. The monoisotopic (exact) mass is 278 g/mol. The molecule has 1 aliphatic rings. The second kappa shape index (κ2) is 7.62. The SMILES string of the molecule is CN(C)C(CN1CCCC1)c1ccc(OCCO)cc1. The number of likely N-dealkylation sites (N-methyl/N-ethyl adjacent to an activating group) is 1. The van der Waals surface area contributed by atoms with Gasteiger partial charge in [-0.15, -0.1) is 0 Å². The van der Waals surface area contributed by atoms with Gasteiger partial charge in [0, 0.05) is 12.6 Å². The van der Waals surface area contributed by atoms with Crippen LogP contribution in [-0.2, 0) is 0 Å². The Labute approximate surface area is 122 Å². The number of benzene rings is 1. The Morgan fingerprint density at radius 1 is 1.20 bits per heavy atom. The van der Waals surface area contributed by atoms with Gasteiger partial charge in [0.15, 0.2) is 0 Å². The molecule has 4 heteroatoms. The Bertz CT molecular complexity index is 386. The van der Waals surface area contributed by atoms with Crippen LogP contribution in [0.5, 0.6) is 5.75 Å². The van der Waals surface area contributed by atoms with Crippen molar-refractivity contribution in [3.8, 4) is 5.75 Å². The van der Waals surface area contributed by atoms with E-state index in [1.54, 1.807) is 0 Å². The highest BCUT2D eigenvalue weighted by atomic mass is 16.5. The topological polar surface area (TPSA) is 35.9 Å². The van der Waals surface area contributed by atoms with Crippen LogP contribution in [0, 0.1) is 0 Å². The first-order valence-electron chi connectivity index (χ1n) is 7.43. The lowest BCUT2D eigenvalue weighted by Crippen LogP contribution is -2.33. The first kappa shape index (κ1) is 15.3.